The van der Waals surface area contributed by atoms with E-state index in [1.807, 2.05) is 14.1 Å². The molecule has 2 N–H and O–H groups in total. The summed E-state index contributed by atoms with van der Waals surface area (Å²) in [5.41, 5.74) is 0. The normalized spacial score (nSPS) is 26.7. The van der Waals surface area contributed by atoms with E-state index in [4.69, 9.17) is 0 Å². The van der Waals surface area contributed by atoms with Crippen molar-refractivity contribution in [1.82, 2.24) is 15.5 Å². The molecule has 2 atom stereocenters. The molecule has 0 aromatic carbocycles. The largest absolute Gasteiger partial charge is 0.355 e. The Balaban J connectivity index is 2.26. The van der Waals surface area contributed by atoms with Gasteiger partial charge >= 0.3 is 0 Å². The van der Waals surface area contributed by atoms with Crippen LogP contribution in [0.4, 0.5) is 0 Å². The zero-order valence-corrected chi connectivity index (χ0v) is 10.0. The zero-order chi connectivity index (χ0) is 11.3. The predicted octanol–water partition coefficient (Wildman–Crippen LogP) is 0.0523. The number of likely N-dealkylation sites (N-methyl/N-ethyl adjacent to an activating group) is 1. The molecule has 1 fully saturated rings. The van der Waals surface area contributed by atoms with Gasteiger partial charge in [-0.05, 0) is 40.4 Å². The third-order valence-electron chi connectivity index (χ3n) is 2.96. The maximum Gasteiger partial charge on any atom is 0.224 e. The topological polar surface area (TPSA) is 44.4 Å². The van der Waals surface area contributed by atoms with Crippen molar-refractivity contribution in [1.29, 1.82) is 0 Å². The standard InChI is InChI=1S/C11H23N3O/c1-9-10(5-4-6-12-9)11(15)13-7-8-14(2)3/h9-10,12H,4-8H2,1-3H3,(H,13,15). The summed E-state index contributed by atoms with van der Waals surface area (Å²) in [5.74, 6) is 0.359. The summed E-state index contributed by atoms with van der Waals surface area (Å²) >= 11 is 0. The number of carbonyl (C=O) groups is 1. The Morgan fingerprint density at radius 1 is 1.53 bits per heavy atom. The number of carbonyl (C=O) groups excluding carboxylic acids is 1. The van der Waals surface area contributed by atoms with Gasteiger partial charge in [0.2, 0.25) is 5.91 Å². The summed E-state index contributed by atoms with van der Waals surface area (Å²) in [6, 6.07) is 0.318. The van der Waals surface area contributed by atoms with Gasteiger partial charge in [0, 0.05) is 19.1 Å². The van der Waals surface area contributed by atoms with E-state index in [1.165, 1.54) is 0 Å². The fourth-order valence-electron chi connectivity index (χ4n) is 1.94. The third kappa shape index (κ3) is 4.18. The second-order valence-electron chi connectivity index (χ2n) is 4.59. The molecule has 1 rings (SSSR count). The molecule has 2 unspecified atom stereocenters. The van der Waals surface area contributed by atoms with E-state index in [1.54, 1.807) is 0 Å². The van der Waals surface area contributed by atoms with E-state index in [0.717, 1.165) is 32.5 Å². The lowest BCUT2D eigenvalue weighted by Crippen LogP contribution is -2.47. The Morgan fingerprint density at radius 2 is 2.27 bits per heavy atom. The number of rotatable bonds is 4. The van der Waals surface area contributed by atoms with E-state index in [9.17, 15) is 4.79 Å². The van der Waals surface area contributed by atoms with E-state index in [0.29, 0.717) is 6.04 Å². The van der Waals surface area contributed by atoms with E-state index in [2.05, 4.69) is 22.5 Å². The lowest BCUT2D eigenvalue weighted by Gasteiger charge is -2.29. The number of nitrogens with one attached hydrogen (secondary N) is 2. The van der Waals surface area contributed by atoms with Gasteiger partial charge in [-0.3, -0.25) is 4.79 Å². The molecule has 0 radical (unpaired) electrons. The molecule has 0 aromatic rings. The van der Waals surface area contributed by atoms with Gasteiger partial charge in [-0.25, -0.2) is 0 Å². The number of amides is 1. The molecule has 1 amide bonds. The van der Waals surface area contributed by atoms with Crippen molar-refractivity contribution in [2.75, 3.05) is 33.7 Å². The lowest BCUT2D eigenvalue weighted by molar-refractivity contribution is -0.126. The minimum atomic E-state index is 0.154. The minimum absolute atomic E-state index is 0.154. The Kier molecular flexibility index (Phi) is 5.05. The van der Waals surface area contributed by atoms with Crippen LogP contribution in [-0.4, -0.2) is 50.6 Å². The number of hydrogen-bond donors (Lipinski definition) is 2. The summed E-state index contributed by atoms with van der Waals surface area (Å²) in [5, 5.41) is 6.33. The predicted molar refractivity (Wildman–Crippen MR) is 61.8 cm³/mol. The maximum atomic E-state index is 11.8. The molecule has 1 saturated heterocycles. The Hall–Kier alpha value is -0.610. The van der Waals surface area contributed by atoms with E-state index in [-0.39, 0.29) is 11.8 Å². The van der Waals surface area contributed by atoms with Gasteiger partial charge in [0.05, 0.1) is 5.92 Å². The van der Waals surface area contributed by atoms with Crippen LogP contribution in [0.1, 0.15) is 19.8 Å². The Morgan fingerprint density at radius 3 is 2.87 bits per heavy atom. The molecular weight excluding hydrogens is 190 g/mol. The summed E-state index contributed by atoms with van der Waals surface area (Å²) in [4.78, 5) is 13.9. The van der Waals surface area contributed by atoms with Crippen LogP contribution >= 0.6 is 0 Å². The molecule has 0 saturated carbocycles. The minimum Gasteiger partial charge on any atom is -0.355 e. The van der Waals surface area contributed by atoms with Gasteiger partial charge in [-0.15, -0.1) is 0 Å². The number of hydrogen-bond acceptors (Lipinski definition) is 3. The quantitative estimate of drug-likeness (QED) is 0.694. The van der Waals surface area contributed by atoms with Crippen LogP contribution in [0.5, 0.6) is 0 Å². The molecule has 0 aliphatic carbocycles. The van der Waals surface area contributed by atoms with Crippen molar-refractivity contribution >= 4 is 5.91 Å². The molecule has 88 valence electrons. The number of nitrogens with zero attached hydrogens (tertiary/aromatic N) is 1. The first kappa shape index (κ1) is 12.5. The van der Waals surface area contributed by atoms with Crippen LogP contribution in [0.15, 0.2) is 0 Å². The SMILES string of the molecule is CC1NCCCC1C(=O)NCCN(C)C. The fraction of sp³-hybridized carbons (Fsp3) is 0.909. The third-order valence-corrected chi connectivity index (χ3v) is 2.96. The van der Waals surface area contributed by atoms with Gasteiger partial charge in [0.25, 0.3) is 0 Å². The monoisotopic (exact) mass is 213 g/mol. The van der Waals surface area contributed by atoms with E-state index >= 15 is 0 Å². The smallest absolute Gasteiger partial charge is 0.224 e. The average Bonchev–Trinajstić information content (AvgIpc) is 2.17. The summed E-state index contributed by atoms with van der Waals surface area (Å²) < 4.78 is 0. The highest BCUT2D eigenvalue weighted by atomic mass is 16.1. The highest BCUT2D eigenvalue weighted by Crippen LogP contribution is 2.15. The van der Waals surface area contributed by atoms with E-state index < -0.39 is 0 Å². The molecule has 4 nitrogen and oxygen atoms in total. The van der Waals surface area contributed by atoms with Crippen molar-refractivity contribution < 1.29 is 4.79 Å². The van der Waals surface area contributed by atoms with Crippen LogP contribution in [-0.2, 0) is 4.79 Å². The molecule has 0 aromatic heterocycles. The molecule has 0 spiro atoms. The van der Waals surface area contributed by atoms with Crippen molar-refractivity contribution in [3.05, 3.63) is 0 Å². The highest BCUT2D eigenvalue weighted by molar-refractivity contribution is 5.79. The maximum absolute atomic E-state index is 11.8. The molecule has 15 heavy (non-hydrogen) atoms. The molecule has 1 aliphatic heterocycles. The fourth-order valence-corrected chi connectivity index (χ4v) is 1.94. The van der Waals surface area contributed by atoms with Gasteiger partial charge in [0.15, 0.2) is 0 Å². The summed E-state index contributed by atoms with van der Waals surface area (Å²) in [6.45, 7) is 4.79. The molecule has 1 heterocycles. The summed E-state index contributed by atoms with van der Waals surface area (Å²) in [6.07, 6.45) is 2.12. The van der Waals surface area contributed by atoms with Gasteiger partial charge in [-0.2, -0.15) is 0 Å². The van der Waals surface area contributed by atoms with Crippen molar-refractivity contribution in [2.24, 2.45) is 5.92 Å². The van der Waals surface area contributed by atoms with Crippen LogP contribution < -0.4 is 10.6 Å². The van der Waals surface area contributed by atoms with Gasteiger partial charge < -0.3 is 15.5 Å². The van der Waals surface area contributed by atoms with Crippen LogP contribution in [0.2, 0.25) is 0 Å². The van der Waals surface area contributed by atoms with Crippen LogP contribution in [0.3, 0.4) is 0 Å². The first-order valence-electron chi connectivity index (χ1n) is 5.77. The number of piperidine rings is 1. The van der Waals surface area contributed by atoms with Gasteiger partial charge in [0.1, 0.15) is 0 Å². The first-order valence-corrected chi connectivity index (χ1v) is 5.77. The van der Waals surface area contributed by atoms with Crippen LogP contribution in [0, 0.1) is 5.92 Å². The molecule has 0 bridgehead atoms. The van der Waals surface area contributed by atoms with Crippen molar-refractivity contribution in [2.45, 2.75) is 25.8 Å². The highest BCUT2D eigenvalue weighted by Gasteiger charge is 2.26. The zero-order valence-electron chi connectivity index (χ0n) is 10.0. The van der Waals surface area contributed by atoms with Crippen molar-refractivity contribution in [3.63, 3.8) is 0 Å². The lowest BCUT2D eigenvalue weighted by atomic mass is 9.91. The molecule has 1 aliphatic rings. The Labute approximate surface area is 92.4 Å². The molecular formula is C11H23N3O. The average molecular weight is 213 g/mol. The molecule has 4 heteroatoms. The first-order chi connectivity index (χ1) is 7.11. The summed E-state index contributed by atoms with van der Waals surface area (Å²) in [7, 11) is 4.02. The second-order valence-corrected chi connectivity index (χ2v) is 4.59. The Bertz CT molecular complexity index is 206. The van der Waals surface area contributed by atoms with Crippen LogP contribution in [0.25, 0.3) is 0 Å². The van der Waals surface area contributed by atoms with Crippen molar-refractivity contribution in [3.8, 4) is 0 Å². The van der Waals surface area contributed by atoms with Gasteiger partial charge in [-0.1, -0.05) is 0 Å². The second kappa shape index (κ2) is 6.08.